The van der Waals surface area contributed by atoms with Crippen molar-refractivity contribution >= 4 is 24.3 Å². The fourth-order valence-corrected chi connectivity index (χ4v) is 4.26. The van der Waals surface area contributed by atoms with Gasteiger partial charge in [-0.05, 0) is 45.1 Å². The third-order valence-electron chi connectivity index (χ3n) is 5.98. The molecule has 0 aromatic rings. The van der Waals surface area contributed by atoms with Crippen molar-refractivity contribution in [2.45, 2.75) is 70.9 Å². The zero-order valence-corrected chi connectivity index (χ0v) is 17.1. The molecule has 1 heterocycles. The zero-order chi connectivity index (χ0) is 18.2. The first-order chi connectivity index (χ1) is 12.0. The molecule has 2 N–H and O–H groups in total. The lowest BCUT2D eigenvalue weighted by Crippen LogP contribution is -2.52. The normalized spacial score (nSPS) is 21.2. The van der Waals surface area contributed by atoms with E-state index in [0.717, 1.165) is 39.0 Å². The number of nitrogens with zero attached hydrogens (tertiary/aromatic N) is 2. The van der Waals surface area contributed by atoms with Crippen LogP contribution in [-0.2, 0) is 9.59 Å². The number of hydrogen-bond acceptors (Lipinski definition) is 4. The van der Waals surface area contributed by atoms with Crippen LogP contribution >= 0.6 is 12.4 Å². The van der Waals surface area contributed by atoms with Gasteiger partial charge in [-0.15, -0.1) is 12.4 Å². The Morgan fingerprint density at radius 2 is 1.77 bits per heavy atom. The summed E-state index contributed by atoms with van der Waals surface area (Å²) >= 11 is 0. The molecule has 152 valence electrons. The van der Waals surface area contributed by atoms with Crippen LogP contribution in [0.1, 0.15) is 58.8 Å². The average molecular weight is 390 g/mol. The van der Waals surface area contributed by atoms with Gasteiger partial charge in [0.1, 0.15) is 0 Å². The van der Waals surface area contributed by atoms with E-state index in [0.29, 0.717) is 12.0 Å². The lowest BCUT2D eigenvalue weighted by molar-refractivity contribution is -0.139. The summed E-state index contributed by atoms with van der Waals surface area (Å²) in [6, 6.07) is 0.217. The molecule has 26 heavy (non-hydrogen) atoms. The van der Waals surface area contributed by atoms with Gasteiger partial charge in [0.2, 0.25) is 5.91 Å². The van der Waals surface area contributed by atoms with Crippen molar-refractivity contribution in [1.29, 1.82) is 0 Å². The number of likely N-dealkylation sites (N-methyl/N-ethyl adjacent to an activating group) is 1. The molecule has 0 spiro atoms. The van der Waals surface area contributed by atoms with Crippen molar-refractivity contribution < 1.29 is 14.7 Å². The van der Waals surface area contributed by atoms with Crippen molar-refractivity contribution in [3.05, 3.63) is 0 Å². The molecule has 1 atom stereocenters. The molecule has 0 radical (unpaired) electrons. The van der Waals surface area contributed by atoms with E-state index in [-0.39, 0.29) is 30.9 Å². The minimum Gasteiger partial charge on any atom is -0.480 e. The van der Waals surface area contributed by atoms with Crippen molar-refractivity contribution in [3.63, 3.8) is 0 Å². The van der Waals surface area contributed by atoms with Crippen molar-refractivity contribution in [1.82, 2.24) is 15.1 Å². The number of hydrogen-bond donors (Lipinski definition) is 2. The third kappa shape index (κ3) is 7.05. The Labute approximate surface area is 164 Å². The molecule has 1 aliphatic heterocycles. The summed E-state index contributed by atoms with van der Waals surface area (Å²) < 4.78 is 0. The number of aliphatic carboxylic acids is 1. The summed E-state index contributed by atoms with van der Waals surface area (Å²) in [6.45, 7) is 7.41. The molecular formula is C19H36ClN3O3. The monoisotopic (exact) mass is 389 g/mol. The Hall–Kier alpha value is -0.850. The van der Waals surface area contributed by atoms with E-state index in [1.54, 1.807) is 0 Å². The number of halogens is 1. The second-order valence-electron chi connectivity index (χ2n) is 7.65. The first-order valence-electron chi connectivity index (χ1n) is 9.98. The molecule has 2 fully saturated rings. The van der Waals surface area contributed by atoms with Gasteiger partial charge in [-0.1, -0.05) is 26.2 Å². The van der Waals surface area contributed by atoms with Crippen LogP contribution in [0.25, 0.3) is 0 Å². The Balaban J connectivity index is 0.00000338. The van der Waals surface area contributed by atoms with Gasteiger partial charge in [0.25, 0.3) is 0 Å². The maximum absolute atomic E-state index is 12.5. The molecule has 1 saturated heterocycles. The van der Waals surface area contributed by atoms with E-state index in [1.807, 2.05) is 18.7 Å². The van der Waals surface area contributed by atoms with Gasteiger partial charge in [-0.25, -0.2) is 0 Å². The molecule has 0 aromatic carbocycles. The van der Waals surface area contributed by atoms with Crippen LogP contribution in [0.5, 0.6) is 0 Å². The van der Waals surface area contributed by atoms with Crippen molar-refractivity contribution in [2.24, 2.45) is 5.92 Å². The number of carbonyl (C=O) groups excluding carboxylic acids is 1. The number of carbonyl (C=O) groups is 2. The summed E-state index contributed by atoms with van der Waals surface area (Å²) in [7, 11) is 0. The maximum Gasteiger partial charge on any atom is 0.317 e. The summed E-state index contributed by atoms with van der Waals surface area (Å²) in [5, 5.41) is 12.2. The quantitative estimate of drug-likeness (QED) is 0.666. The highest BCUT2D eigenvalue weighted by Gasteiger charge is 2.29. The van der Waals surface area contributed by atoms with Crippen LogP contribution in [-0.4, -0.2) is 71.6 Å². The summed E-state index contributed by atoms with van der Waals surface area (Å²) in [6.07, 6.45) is 8.30. The highest BCUT2D eigenvalue weighted by atomic mass is 35.5. The number of piperidine rings is 1. The highest BCUT2D eigenvalue weighted by Crippen LogP contribution is 2.23. The standard InChI is InChI=1S/C19H35N3O3.ClH/c1-3-21(14-18(23)24)17-9-11-22(12-10-17)15(2)19(25)20-13-16-7-5-4-6-8-16;/h15-17H,3-14H2,1-2H3,(H,20,25)(H,23,24);1H. The fraction of sp³-hybridized carbons (Fsp3) is 0.895. The van der Waals surface area contributed by atoms with Gasteiger partial charge in [-0.2, -0.15) is 0 Å². The predicted molar refractivity (Wildman–Crippen MR) is 106 cm³/mol. The largest absolute Gasteiger partial charge is 0.480 e. The maximum atomic E-state index is 12.5. The molecule has 0 bridgehead atoms. The van der Waals surface area contributed by atoms with E-state index in [1.165, 1.54) is 32.1 Å². The topological polar surface area (TPSA) is 72.9 Å². The van der Waals surface area contributed by atoms with Crippen molar-refractivity contribution in [3.8, 4) is 0 Å². The lowest BCUT2D eigenvalue weighted by atomic mass is 9.89. The van der Waals surface area contributed by atoms with E-state index in [4.69, 9.17) is 5.11 Å². The SMILES string of the molecule is CCN(CC(=O)O)C1CCN(C(C)C(=O)NCC2CCCCC2)CC1.Cl. The molecule has 1 saturated carbocycles. The number of amides is 1. The number of nitrogens with one attached hydrogen (secondary N) is 1. The van der Waals surface area contributed by atoms with Gasteiger partial charge < -0.3 is 10.4 Å². The van der Waals surface area contributed by atoms with Gasteiger partial charge >= 0.3 is 5.97 Å². The van der Waals surface area contributed by atoms with Crippen LogP contribution in [0.4, 0.5) is 0 Å². The predicted octanol–water partition coefficient (Wildman–Crippen LogP) is 2.36. The molecule has 2 rings (SSSR count). The average Bonchev–Trinajstić information content (AvgIpc) is 2.64. The molecule has 7 heteroatoms. The van der Waals surface area contributed by atoms with Crippen LogP contribution in [0.2, 0.25) is 0 Å². The highest BCUT2D eigenvalue weighted by molar-refractivity contribution is 5.85. The van der Waals surface area contributed by atoms with Crippen LogP contribution in [0.15, 0.2) is 0 Å². The van der Waals surface area contributed by atoms with E-state index < -0.39 is 5.97 Å². The second-order valence-corrected chi connectivity index (χ2v) is 7.65. The van der Waals surface area contributed by atoms with Gasteiger partial charge in [0.05, 0.1) is 12.6 Å². The minimum absolute atomic E-state index is 0. The van der Waals surface area contributed by atoms with Crippen LogP contribution in [0.3, 0.4) is 0 Å². The summed E-state index contributed by atoms with van der Waals surface area (Å²) in [5.41, 5.74) is 0. The first kappa shape index (κ1) is 23.2. The Kier molecular flexibility index (Phi) is 10.5. The molecule has 1 aliphatic carbocycles. The van der Waals surface area contributed by atoms with Crippen LogP contribution < -0.4 is 5.32 Å². The number of carboxylic acid groups (broad SMARTS) is 1. The number of carboxylic acids is 1. The molecule has 2 aliphatic rings. The van der Waals surface area contributed by atoms with Gasteiger partial charge in [-0.3, -0.25) is 19.4 Å². The minimum atomic E-state index is -0.764. The summed E-state index contributed by atoms with van der Waals surface area (Å²) in [4.78, 5) is 27.7. The number of likely N-dealkylation sites (tertiary alicyclic amines) is 1. The summed E-state index contributed by atoms with van der Waals surface area (Å²) in [5.74, 6) is 0.0337. The Bertz CT molecular complexity index is 436. The van der Waals surface area contributed by atoms with Crippen molar-refractivity contribution in [2.75, 3.05) is 32.7 Å². The van der Waals surface area contributed by atoms with E-state index in [2.05, 4.69) is 10.2 Å². The van der Waals surface area contributed by atoms with E-state index >= 15 is 0 Å². The molecule has 1 amide bonds. The molecule has 6 nitrogen and oxygen atoms in total. The second kappa shape index (κ2) is 11.8. The molecular weight excluding hydrogens is 354 g/mol. The zero-order valence-electron chi connectivity index (χ0n) is 16.3. The smallest absolute Gasteiger partial charge is 0.317 e. The Morgan fingerprint density at radius 1 is 1.15 bits per heavy atom. The van der Waals surface area contributed by atoms with E-state index in [9.17, 15) is 9.59 Å². The fourth-order valence-electron chi connectivity index (χ4n) is 4.26. The number of rotatable bonds is 8. The van der Waals surface area contributed by atoms with Gasteiger partial charge in [0.15, 0.2) is 0 Å². The van der Waals surface area contributed by atoms with Gasteiger partial charge in [0, 0.05) is 25.7 Å². The first-order valence-corrected chi connectivity index (χ1v) is 9.98. The lowest BCUT2D eigenvalue weighted by Gasteiger charge is -2.39. The van der Waals surface area contributed by atoms with Crippen LogP contribution in [0, 0.1) is 5.92 Å². The Morgan fingerprint density at radius 3 is 2.31 bits per heavy atom. The molecule has 0 aromatic heterocycles. The third-order valence-corrected chi connectivity index (χ3v) is 5.98. The molecule has 1 unspecified atom stereocenters.